The summed E-state index contributed by atoms with van der Waals surface area (Å²) < 4.78 is 0. The minimum atomic E-state index is 1.13. The van der Waals surface area contributed by atoms with Crippen LogP contribution in [-0.2, 0) is 6.42 Å². The van der Waals surface area contributed by atoms with Crippen LogP contribution in [0.4, 0.5) is 0 Å². The Labute approximate surface area is 71.2 Å². The lowest BCUT2D eigenvalue weighted by Gasteiger charge is -2.09. The first-order chi connectivity index (χ1) is 5.16. The fourth-order valence-electron chi connectivity index (χ4n) is 1.36. The quantitative estimate of drug-likeness (QED) is 0.562. The van der Waals surface area contributed by atoms with Crippen molar-refractivity contribution in [1.82, 2.24) is 0 Å². The lowest BCUT2D eigenvalue weighted by molar-refractivity contribution is 1.12. The molecule has 0 nitrogen and oxygen atoms in total. The lowest BCUT2D eigenvalue weighted by atomic mass is 10.0. The molecule has 0 fully saturated rings. The summed E-state index contributed by atoms with van der Waals surface area (Å²) in [6, 6.07) is 4.37. The monoisotopic (exact) mass is 166 g/mol. The molecule has 0 radical (unpaired) electrons. The summed E-state index contributed by atoms with van der Waals surface area (Å²) in [7, 11) is 2.82. The van der Waals surface area contributed by atoms with Gasteiger partial charge in [-0.25, -0.2) is 0 Å². The zero-order valence-corrected chi connectivity index (χ0v) is 8.59. The second kappa shape index (κ2) is 3.36. The second-order valence-electron chi connectivity index (χ2n) is 2.95. The molecule has 1 unspecified atom stereocenters. The average Bonchev–Trinajstić information content (AvgIpc) is 1.99. The minimum Gasteiger partial charge on any atom is -0.105 e. The molecule has 0 aliphatic rings. The molecule has 0 bridgehead atoms. The van der Waals surface area contributed by atoms with Gasteiger partial charge in [-0.1, -0.05) is 19.1 Å². The van der Waals surface area contributed by atoms with Crippen LogP contribution in [0.3, 0.4) is 0 Å². The Morgan fingerprint density at radius 2 is 1.73 bits per heavy atom. The van der Waals surface area contributed by atoms with Crippen LogP contribution in [0.25, 0.3) is 0 Å². The van der Waals surface area contributed by atoms with E-state index in [-0.39, 0.29) is 0 Å². The van der Waals surface area contributed by atoms with Gasteiger partial charge in [-0.3, -0.25) is 0 Å². The number of aryl methyl sites for hydroxylation is 2. The van der Waals surface area contributed by atoms with E-state index in [1.54, 1.807) is 0 Å². The molecule has 0 heterocycles. The molecule has 11 heavy (non-hydrogen) atoms. The summed E-state index contributed by atoms with van der Waals surface area (Å²) in [4.78, 5) is 0. The van der Waals surface area contributed by atoms with Crippen molar-refractivity contribution in [3.05, 3.63) is 28.8 Å². The van der Waals surface area contributed by atoms with Gasteiger partial charge in [0.2, 0.25) is 0 Å². The summed E-state index contributed by atoms with van der Waals surface area (Å²) in [5.74, 6) is 0. The van der Waals surface area contributed by atoms with Gasteiger partial charge >= 0.3 is 0 Å². The minimum absolute atomic E-state index is 1.13. The van der Waals surface area contributed by atoms with Crippen LogP contribution in [0.1, 0.15) is 23.6 Å². The third kappa shape index (κ3) is 1.62. The standard InChI is InChI=1S/C10H15P/c1-4-9-7(2)5-6-8(3)10(9)11/h5-6H,4,11H2,1-3H3. The molecule has 0 N–H and O–H groups in total. The van der Waals surface area contributed by atoms with E-state index < -0.39 is 0 Å². The van der Waals surface area contributed by atoms with E-state index in [0.717, 1.165) is 6.42 Å². The molecule has 0 spiro atoms. The Morgan fingerprint density at radius 3 is 2.18 bits per heavy atom. The Bertz CT molecular complexity index is 264. The maximum atomic E-state index is 2.82. The fraction of sp³-hybridized carbons (Fsp3) is 0.400. The van der Waals surface area contributed by atoms with Gasteiger partial charge in [-0.15, -0.1) is 9.24 Å². The summed E-state index contributed by atoms with van der Waals surface area (Å²) in [6.45, 7) is 6.53. The molecule has 1 heteroatoms. The maximum Gasteiger partial charge on any atom is -0.0239 e. The molecule has 0 aliphatic carbocycles. The Morgan fingerprint density at radius 1 is 1.18 bits per heavy atom. The average molecular weight is 166 g/mol. The molecular weight excluding hydrogens is 151 g/mol. The van der Waals surface area contributed by atoms with Crippen molar-refractivity contribution < 1.29 is 0 Å². The molecule has 1 atom stereocenters. The summed E-state index contributed by atoms with van der Waals surface area (Å²) in [5.41, 5.74) is 4.26. The summed E-state index contributed by atoms with van der Waals surface area (Å²) >= 11 is 0. The molecule has 1 aromatic carbocycles. The first kappa shape index (κ1) is 8.74. The van der Waals surface area contributed by atoms with E-state index in [0.29, 0.717) is 0 Å². The molecule has 0 saturated heterocycles. The highest BCUT2D eigenvalue weighted by Gasteiger charge is 2.01. The van der Waals surface area contributed by atoms with Gasteiger partial charge < -0.3 is 0 Å². The van der Waals surface area contributed by atoms with E-state index in [1.165, 1.54) is 22.0 Å². The SMILES string of the molecule is CCc1c(C)ccc(C)c1P. The van der Waals surface area contributed by atoms with Crippen LogP contribution >= 0.6 is 9.24 Å². The van der Waals surface area contributed by atoms with Gasteiger partial charge in [0.25, 0.3) is 0 Å². The van der Waals surface area contributed by atoms with Crippen LogP contribution in [-0.4, -0.2) is 0 Å². The van der Waals surface area contributed by atoms with Crippen molar-refractivity contribution in [2.45, 2.75) is 27.2 Å². The third-order valence-corrected chi connectivity index (χ3v) is 2.97. The first-order valence-electron chi connectivity index (χ1n) is 4.01. The van der Waals surface area contributed by atoms with Crippen molar-refractivity contribution in [3.8, 4) is 0 Å². The van der Waals surface area contributed by atoms with E-state index in [2.05, 4.69) is 42.1 Å². The predicted octanol–water partition coefficient (Wildman–Crippen LogP) is 2.37. The van der Waals surface area contributed by atoms with Crippen LogP contribution in [0.2, 0.25) is 0 Å². The van der Waals surface area contributed by atoms with Crippen LogP contribution in [0.15, 0.2) is 12.1 Å². The van der Waals surface area contributed by atoms with Gasteiger partial charge in [-0.05, 0) is 42.3 Å². The van der Waals surface area contributed by atoms with E-state index >= 15 is 0 Å². The molecule has 0 amide bonds. The maximum absolute atomic E-state index is 2.82. The fourth-order valence-corrected chi connectivity index (χ4v) is 1.89. The van der Waals surface area contributed by atoms with Crippen molar-refractivity contribution in [1.29, 1.82) is 0 Å². The number of benzene rings is 1. The molecule has 60 valence electrons. The van der Waals surface area contributed by atoms with Gasteiger partial charge in [0.05, 0.1) is 0 Å². The molecule has 0 aliphatic heterocycles. The molecular formula is C10H15P. The van der Waals surface area contributed by atoms with Crippen LogP contribution in [0, 0.1) is 13.8 Å². The second-order valence-corrected chi connectivity index (χ2v) is 3.52. The van der Waals surface area contributed by atoms with Gasteiger partial charge in [0, 0.05) is 0 Å². The van der Waals surface area contributed by atoms with E-state index in [9.17, 15) is 0 Å². The Balaban J connectivity index is 3.29. The van der Waals surface area contributed by atoms with Gasteiger partial charge in [0.1, 0.15) is 0 Å². The Kier molecular flexibility index (Phi) is 2.67. The van der Waals surface area contributed by atoms with Gasteiger partial charge in [0.15, 0.2) is 0 Å². The first-order valence-corrected chi connectivity index (χ1v) is 4.59. The smallest absolute Gasteiger partial charge is 0.0239 e. The van der Waals surface area contributed by atoms with Gasteiger partial charge in [-0.2, -0.15) is 0 Å². The lowest BCUT2D eigenvalue weighted by Crippen LogP contribution is -2.06. The Hall–Kier alpha value is -0.350. The van der Waals surface area contributed by atoms with Crippen molar-refractivity contribution in [2.75, 3.05) is 0 Å². The molecule has 1 aromatic rings. The molecule has 0 aromatic heterocycles. The zero-order valence-electron chi connectivity index (χ0n) is 7.44. The number of rotatable bonds is 1. The molecule has 0 saturated carbocycles. The van der Waals surface area contributed by atoms with Crippen molar-refractivity contribution in [2.24, 2.45) is 0 Å². The number of hydrogen-bond donors (Lipinski definition) is 0. The topological polar surface area (TPSA) is 0 Å². The highest BCUT2D eigenvalue weighted by Crippen LogP contribution is 2.11. The van der Waals surface area contributed by atoms with E-state index in [1.807, 2.05) is 0 Å². The van der Waals surface area contributed by atoms with Crippen LogP contribution in [0.5, 0.6) is 0 Å². The number of hydrogen-bond acceptors (Lipinski definition) is 0. The summed E-state index contributed by atoms with van der Waals surface area (Å²) in [6.07, 6.45) is 1.13. The molecule has 1 rings (SSSR count). The van der Waals surface area contributed by atoms with Crippen molar-refractivity contribution >= 4 is 14.5 Å². The van der Waals surface area contributed by atoms with Crippen molar-refractivity contribution in [3.63, 3.8) is 0 Å². The highest BCUT2D eigenvalue weighted by atomic mass is 31.0. The third-order valence-electron chi connectivity index (χ3n) is 2.16. The van der Waals surface area contributed by atoms with E-state index in [4.69, 9.17) is 0 Å². The largest absolute Gasteiger partial charge is 0.105 e. The zero-order chi connectivity index (χ0) is 8.43. The highest BCUT2D eigenvalue weighted by molar-refractivity contribution is 7.27. The predicted molar refractivity (Wildman–Crippen MR) is 54.6 cm³/mol. The summed E-state index contributed by atoms with van der Waals surface area (Å²) in [5, 5.41) is 1.38. The van der Waals surface area contributed by atoms with Crippen LogP contribution < -0.4 is 5.30 Å². The normalized spacial score (nSPS) is 10.2.